The molecule has 0 amide bonds. The number of carboxylic acid groups (broad SMARTS) is 1. The van der Waals surface area contributed by atoms with Gasteiger partial charge in [0.05, 0.1) is 6.61 Å². The minimum absolute atomic E-state index is 0.0175. The summed E-state index contributed by atoms with van der Waals surface area (Å²) in [7, 11) is 0. The van der Waals surface area contributed by atoms with E-state index in [1.165, 1.54) is 0 Å². The van der Waals surface area contributed by atoms with Crippen LogP contribution >= 0.6 is 0 Å². The second-order valence-corrected chi connectivity index (χ2v) is 2.05. The van der Waals surface area contributed by atoms with Gasteiger partial charge in [0, 0.05) is 0 Å². The Morgan fingerprint density at radius 3 is 2.89 bits per heavy atom. The number of carbonyl (C=O) groups is 1. The Balaban J connectivity index is 2.16. The first kappa shape index (κ1) is 6.51. The molecular formula is C5H9NO3. The van der Waals surface area contributed by atoms with Gasteiger partial charge in [0.1, 0.15) is 12.3 Å². The van der Waals surface area contributed by atoms with Crippen LogP contribution in [0.3, 0.4) is 0 Å². The van der Waals surface area contributed by atoms with Crippen molar-refractivity contribution in [1.82, 2.24) is 5.32 Å². The van der Waals surface area contributed by atoms with Crippen molar-refractivity contribution in [3.05, 3.63) is 0 Å². The van der Waals surface area contributed by atoms with Crippen LogP contribution in [0.15, 0.2) is 0 Å². The molecule has 1 saturated heterocycles. The van der Waals surface area contributed by atoms with E-state index < -0.39 is 12.0 Å². The molecule has 1 aliphatic rings. The lowest BCUT2D eigenvalue weighted by molar-refractivity contribution is -0.139. The fourth-order valence-electron chi connectivity index (χ4n) is 0.494. The third-order valence-electron chi connectivity index (χ3n) is 1.14. The van der Waals surface area contributed by atoms with Gasteiger partial charge in [0.2, 0.25) is 0 Å². The fraction of sp³-hybridized carbons (Fsp3) is 0.800. The number of carboxylic acids is 1. The summed E-state index contributed by atoms with van der Waals surface area (Å²) in [5, 5.41) is 11.1. The third kappa shape index (κ3) is 1.99. The maximum absolute atomic E-state index is 10.1. The molecule has 0 aliphatic carbocycles. The van der Waals surface area contributed by atoms with Crippen molar-refractivity contribution in [1.29, 1.82) is 0 Å². The van der Waals surface area contributed by atoms with Crippen LogP contribution in [0.4, 0.5) is 0 Å². The SMILES string of the molecule is C[C@H](NC1CO1)C(=O)O. The topological polar surface area (TPSA) is 61.9 Å². The normalized spacial score (nSPS) is 27.4. The maximum Gasteiger partial charge on any atom is 0.320 e. The molecule has 1 heterocycles. The van der Waals surface area contributed by atoms with E-state index in [0.717, 1.165) is 0 Å². The van der Waals surface area contributed by atoms with Crippen molar-refractivity contribution in [2.24, 2.45) is 0 Å². The number of rotatable bonds is 3. The molecule has 2 atom stereocenters. The molecule has 0 aromatic carbocycles. The summed E-state index contributed by atoms with van der Waals surface area (Å²) in [6.45, 7) is 2.22. The standard InChI is InChI=1S/C5H9NO3/c1-3(5(7)8)6-4-2-9-4/h3-4,6H,2H2,1H3,(H,7,8)/t3-,4?/m0/s1. The molecule has 0 aromatic heterocycles. The Morgan fingerprint density at radius 2 is 2.56 bits per heavy atom. The van der Waals surface area contributed by atoms with Crippen molar-refractivity contribution in [3.8, 4) is 0 Å². The van der Waals surface area contributed by atoms with E-state index >= 15 is 0 Å². The van der Waals surface area contributed by atoms with Gasteiger partial charge in [0.25, 0.3) is 0 Å². The molecule has 1 fully saturated rings. The first-order valence-corrected chi connectivity index (χ1v) is 2.80. The molecule has 9 heavy (non-hydrogen) atoms. The van der Waals surface area contributed by atoms with Crippen LogP contribution in [0.2, 0.25) is 0 Å². The first-order chi connectivity index (χ1) is 4.20. The van der Waals surface area contributed by atoms with E-state index in [0.29, 0.717) is 6.61 Å². The minimum Gasteiger partial charge on any atom is -0.480 e. The van der Waals surface area contributed by atoms with Crippen molar-refractivity contribution in [3.63, 3.8) is 0 Å². The average Bonchev–Trinajstić information content (AvgIpc) is 2.50. The predicted octanol–water partition coefficient (Wildman–Crippen LogP) is -0.595. The zero-order valence-electron chi connectivity index (χ0n) is 5.13. The molecule has 1 unspecified atom stereocenters. The zero-order valence-corrected chi connectivity index (χ0v) is 5.13. The molecule has 4 nitrogen and oxygen atoms in total. The Bertz CT molecular complexity index is 121. The van der Waals surface area contributed by atoms with Gasteiger partial charge >= 0.3 is 5.97 Å². The van der Waals surface area contributed by atoms with Gasteiger partial charge in [-0.1, -0.05) is 0 Å². The Morgan fingerprint density at radius 1 is 2.00 bits per heavy atom. The van der Waals surface area contributed by atoms with E-state index in [2.05, 4.69) is 5.32 Å². The molecule has 0 aromatic rings. The van der Waals surface area contributed by atoms with Gasteiger partial charge < -0.3 is 9.84 Å². The number of ether oxygens (including phenoxy) is 1. The van der Waals surface area contributed by atoms with Gasteiger partial charge in [-0.3, -0.25) is 10.1 Å². The van der Waals surface area contributed by atoms with Gasteiger partial charge in [0.15, 0.2) is 0 Å². The van der Waals surface area contributed by atoms with E-state index in [1.54, 1.807) is 6.92 Å². The van der Waals surface area contributed by atoms with E-state index in [4.69, 9.17) is 9.84 Å². The highest BCUT2D eigenvalue weighted by Gasteiger charge is 2.26. The smallest absolute Gasteiger partial charge is 0.320 e. The lowest BCUT2D eigenvalue weighted by Gasteiger charge is -2.03. The molecular weight excluding hydrogens is 122 g/mol. The summed E-state index contributed by atoms with van der Waals surface area (Å²) in [5.74, 6) is -0.842. The summed E-state index contributed by atoms with van der Waals surface area (Å²) < 4.78 is 4.75. The number of aliphatic carboxylic acids is 1. The summed E-state index contributed by atoms with van der Waals surface area (Å²) in [4.78, 5) is 10.1. The van der Waals surface area contributed by atoms with Crippen LogP contribution in [0, 0.1) is 0 Å². The average molecular weight is 131 g/mol. The van der Waals surface area contributed by atoms with Crippen LogP contribution in [0.1, 0.15) is 6.92 Å². The largest absolute Gasteiger partial charge is 0.480 e. The van der Waals surface area contributed by atoms with Crippen LogP contribution < -0.4 is 5.32 Å². The number of nitrogens with one attached hydrogen (secondary N) is 1. The van der Waals surface area contributed by atoms with Crippen LogP contribution in [0.25, 0.3) is 0 Å². The molecule has 4 heteroatoms. The molecule has 0 spiro atoms. The minimum atomic E-state index is -0.842. The summed E-state index contributed by atoms with van der Waals surface area (Å²) >= 11 is 0. The lowest BCUT2D eigenvalue weighted by Crippen LogP contribution is -2.35. The van der Waals surface area contributed by atoms with Gasteiger partial charge in [-0.2, -0.15) is 0 Å². The Kier molecular flexibility index (Phi) is 1.68. The Hall–Kier alpha value is -0.610. The van der Waals surface area contributed by atoms with Crippen LogP contribution in [-0.4, -0.2) is 30.0 Å². The summed E-state index contributed by atoms with van der Waals surface area (Å²) in [5.41, 5.74) is 0. The van der Waals surface area contributed by atoms with E-state index in [-0.39, 0.29) is 6.23 Å². The zero-order chi connectivity index (χ0) is 6.85. The Labute approximate surface area is 52.8 Å². The monoisotopic (exact) mass is 131 g/mol. The third-order valence-corrected chi connectivity index (χ3v) is 1.14. The molecule has 0 bridgehead atoms. The molecule has 0 radical (unpaired) electrons. The second kappa shape index (κ2) is 2.33. The first-order valence-electron chi connectivity index (χ1n) is 2.80. The van der Waals surface area contributed by atoms with Crippen molar-refractivity contribution in [2.75, 3.05) is 6.61 Å². The van der Waals surface area contributed by atoms with Crippen molar-refractivity contribution >= 4 is 5.97 Å². The van der Waals surface area contributed by atoms with E-state index in [9.17, 15) is 4.79 Å². The summed E-state index contributed by atoms with van der Waals surface area (Å²) in [6, 6.07) is -0.502. The highest BCUT2D eigenvalue weighted by Crippen LogP contribution is 2.04. The van der Waals surface area contributed by atoms with Crippen molar-refractivity contribution < 1.29 is 14.6 Å². The van der Waals surface area contributed by atoms with Crippen LogP contribution in [0.5, 0.6) is 0 Å². The predicted molar refractivity (Wildman–Crippen MR) is 30.0 cm³/mol. The second-order valence-electron chi connectivity index (χ2n) is 2.05. The molecule has 1 aliphatic heterocycles. The molecule has 1 rings (SSSR count). The van der Waals surface area contributed by atoms with E-state index in [1.807, 2.05) is 0 Å². The van der Waals surface area contributed by atoms with Gasteiger partial charge in [-0.25, -0.2) is 0 Å². The quantitative estimate of drug-likeness (QED) is 0.502. The highest BCUT2D eigenvalue weighted by molar-refractivity contribution is 5.72. The van der Waals surface area contributed by atoms with Gasteiger partial charge in [-0.05, 0) is 6.92 Å². The number of epoxide rings is 1. The summed E-state index contributed by atoms with van der Waals surface area (Å²) in [6.07, 6.45) is -0.0175. The number of hydrogen-bond acceptors (Lipinski definition) is 3. The van der Waals surface area contributed by atoms with Crippen molar-refractivity contribution in [2.45, 2.75) is 19.2 Å². The van der Waals surface area contributed by atoms with Gasteiger partial charge in [-0.15, -0.1) is 0 Å². The molecule has 52 valence electrons. The fourth-order valence-corrected chi connectivity index (χ4v) is 0.494. The molecule has 0 saturated carbocycles. The highest BCUT2D eigenvalue weighted by atomic mass is 16.6. The lowest BCUT2D eigenvalue weighted by atomic mass is 10.3. The van der Waals surface area contributed by atoms with Crippen LogP contribution in [-0.2, 0) is 9.53 Å². The number of hydrogen-bond donors (Lipinski definition) is 2. The molecule has 2 N–H and O–H groups in total. The maximum atomic E-state index is 10.1.